The van der Waals surface area contributed by atoms with E-state index in [1.807, 2.05) is 24.3 Å². The van der Waals surface area contributed by atoms with Gasteiger partial charge in [0.15, 0.2) is 50.4 Å². The van der Waals surface area contributed by atoms with Crippen LogP contribution in [0, 0.1) is 46.5 Å². The van der Waals surface area contributed by atoms with Gasteiger partial charge in [-0.1, -0.05) is 118 Å². The van der Waals surface area contributed by atoms with Gasteiger partial charge in [-0.25, -0.2) is 31.1 Å². The van der Waals surface area contributed by atoms with Crippen molar-refractivity contribution in [2.45, 2.75) is 44.6 Å². The molecule has 0 heterocycles. The zero-order valence-electron chi connectivity index (χ0n) is 44.8. The van der Waals surface area contributed by atoms with Crippen LogP contribution in [0.15, 0.2) is 184 Å². The summed E-state index contributed by atoms with van der Waals surface area (Å²) < 4.78 is 272. The van der Waals surface area contributed by atoms with Crippen LogP contribution in [0.25, 0.3) is 24.3 Å². The van der Waals surface area contributed by atoms with E-state index in [-0.39, 0.29) is 26.0 Å². The molecule has 0 aromatic heterocycles. The molecule has 0 atom stereocenters. The third kappa shape index (κ3) is 21.3. The molecule has 0 fully saturated rings. The lowest BCUT2D eigenvalue weighted by Gasteiger charge is -2.12. The van der Waals surface area contributed by atoms with Crippen LogP contribution >= 0.6 is 0 Å². The Morgan fingerprint density at radius 1 is 0.398 bits per heavy atom. The Balaban J connectivity index is 0.000000293. The van der Waals surface area contributed by atoms with E-state index in [0.717, 1.165) is 34.4 Å². The molecule has 0 saturated heterocycles. The van der Waals surface area contributed by atoms with Gasteiger partial charge in [0.25, 0.3) is 30.4 Å². The number of carbonyl (C=O) groups excluding carboxylic acids is 1. The molecule has 0 aliphatic carbocycles. The second-order valence-corrected chi connectivity index (χ2v) is 23.8. The summed E-state index contributed by atoms with van der Waals surface area (Å²) in [5.74, 6) is -18.3. The van der Waals surface area contributed by atoms with Crippen molar-refractivity contribution in [1.29, 1.82) is 0 Å². The largest absolute Gasteiger partial charge is 0.489 e. The Hall–Kier alpha value is -8.70. The van der Waals surface area contributed by atoms with Crippen LogP contribution in [0.3, 0.4) is 0 Å². The monoisotopic (exact) mass is 1330 g/mol. The van der Waals surface area contributed by atoms with Gasteiger partial charge in [-0.15, -0.1) is 0 Å². The van der Waals surface area contributed by atoms with Crippen LogP contribution in [-0.4, -0.2) is 70.8 Å². The summed E-state index contributed by atoms with van der Waals surface area (Å²) in [4.78, 5) is 6.41. The van der Waals surface area contributed by atoms with Crippen LogP contribution in [0.1, 0.15) is 40.3 Å². The van der Waals surface area contributed by atoms with Gasteiger partial charge in [0.2, 0.25) is 11.6 Å². The summed E-state index contributed by atoms with van der Waals surface area (Å²) in [6.45, 7) is 18.5. The highest BCUT2D eigenvalue weighted by Crippen LogP contribution is 2.33. The lowest BCUT2D eigenvalue weighted by Crippen LogP contribution is -2.12. The van der Waals surface area contributed by atoms with Gasteiger partial charge < -0.3 is 14.2 Å². The maximum atomic E-state index is 13.8. The normalized spacial score (nSPS) is 11.2. The lowest BCUT2D eigenvalue weighted by molar-refractivity contribution is -0.130. The van der Waals surface area contributed by atoms with E-state index >= 15 is 0 Å². The fourth-order valence-electron chi connectivity index (χ4n) is 6.16. The summed E-state index contributed by atoms with van der Waals surface area (Å²) in [6.07, 6.45) is 5.39. The third-order valence-corrected chi connectivity index (χ3v) is 14.9. The minimum Gasteiger partial charge on any atom is -0.489 e. The predicted molar refractivity (Wildman–Crippen MR) is 303 cm³/mol. The number of halogens is 8. The molecule has 7 rings (SSSR count). The number of benzene rings is 7. The van der Waals surface area contributed by atoms with Crippen LogP contribution in [0.4, 0.5) is 35.1 Å². The Bertz CT molecular complexity index is 4270. The maximum Gasteiger partial charge on any atom is 0.338 e. The van der Waals surface area contributed by atoms with Crippen LogP contribution in [-0.2, 0) is 68.6 Å². The molecule has 0 unspecified atom stereocenters. The standard InChI is InChI=1S/C15H10F4O4S.C15H14O4S.C10H10O5S.C8H4F4O3S.C8H8O3S/c1-2-8-3-5-9(6-4-8)7-23-14-10(16)12(18)15(24(20,21)22)13(19)11(14)17;1-2-12-3-5-13(6-4-12)11-19-14-7-9-15(10-8-14)20(16,17)18;1-7(2)10(11)15-8-3-5-9(6-4-8)16(12,13)14;1-2-3-4(9)6(11)8(16(13,14)15)7(12)5(3)10;1-2-7-3-5-8(6-4-7)12(9,10)11/h2-6H,1,7H2,(H,20,21,22);2-10H,1,11H2,(H,16,17,18);3-6H,1H2,2H3,(H,12,13,14);2H,1H2,(H,13,14,15);2-6H,1H2,(H,9,10,11). The summed E-state index contributed by atoms with van der Waals surface area (Å²) in [7, 11) is -23.3. The molecule has 7 aromatic rings. The summed E-state index contributed by atoms with van der Waals surface area (Å²) in [5, 5.41) is 0. The topological polar surface area (TPSA) is 317 Å². The molecular formula is C56H46F8O19S5. The predicted octanol–water partition coefficient (Wildman–Crippen LogP) is 12.0. The molecule has 19 nitrogen and oxygen atoms in total. The molecule has 0 spiro atoms. The first kappa shape index (κ1) is 73.6. The van der Waals surface area contributed by atoms with Crippen molar-refractivity contribution in [3.05, 3.63) is 240 Å². The highest BCUT2D eigenvalue weighted by molar-refractivity contribution is 7.86. The molecule has 0 bridgehead atoms. The van der Waals surface area contributed by atoms with Crippen molar-refractivity contribution < 1.29 is 119 Å². The molecule has 0 aliphatic heterocycles. The van der Waals surface area contributed by atoms with E-state index < -0.39 is 131 Å². The van der Waals surface area contributed by atoms with E-state index in [1.165, 1.54) is 67.6 Å². The molecule has 32 heteroatoms. The number of hydrogen-bond acceptors (Lipinski definition) is 14. The van der Waals surface area contributed by atoms with Gasteiger partial charge in [0, 0.05) is 5.57 Å². The number of esters is 1. The van der Waals surface area contributed by atoms with E-state index in [0.29, 0.717) is 24.0 Å². The average molecular weight is 1340 g/mol. The fraction of sp³-hybridized carbons (Fsp3) is 0.0536. The zero-order chi connectivity index (χ0) is 66.9. The van der Waals surface area contributed by atoms with Crippen molar-refractivity contribution in [1.82, 2.24) is 0 Å². The summed E-state index contributed by atoms with van der Waals surface area (Å²) >= 11 is 0. The molecule has 5 N–H and O–H groups in total. The first-order chi connectivity index (χ1) is 40.7. The van der Waals surface area contributed by atoms with E-state index in [9.17, 15) is 82.0 Å². The lowest BCUT2D eigenvalue weighted by atomic mass is 10.1. The van der Waals surface area contributed by atoms with Crippen LogP contribution in [0.5, 0.6) is 17.2 Å². The molecule has 0 saturated carbocycles. The number of hydrogen-bond donors (Lipinski definition) is 5. The van der Waals surface area contributed by atoms with Crippen molar-refractivity contribution in [3.63, 3.8) is 0 Å². The van der Waals surface area contributed by atoms with Gasteiger partial charge in [-0.05, 0) is 95.4 Å². The Morgan fingerprint density at radius 2 is 0.682 bits per heavy atom. The van der Waals surface area contributed by atoms with E-state index in [4.69, 9.17) is 37.0 Å². The first-order valence-electron chi connectivity index (χ1n) is 23.4. The van der Waals surface area contributed by atoms with Crippen molar-refractivity contribution >= 4 is 80.9 Å². The first-order valence-corrected chi connectivity index (χ1v) is 30.6. The maximum absolute atomic E-state index is 13.8. The molecular weight excluding hydrogens is 1290 g/mol. The fourth-order valence-corrected chi connectivity index (χ4v) is 8.86. The highest BCUT2D eigenvalue weighted by atomic mass is 32.2. The van der Waals surface area contributed by atoms with Gasteiger partial charge in [0.1, 0.15) is 24.7 Å². The molecule has 88 heavy (non-hydrogen) atoms. The summed E-state index contributed by atoms with van der Waals surface area (Å²) in [6, 6.07) is 30.2. The third-order valence-electron chi connectivity index (χ3n) is 10.6. The molecule has 470 valence electrons. The van der Waals surface area contributed by atoms with Gasteiger partial charge in [0.05, 0.1) is 20.2 Å². The van der Waals surface area contributed by atoms with Crippen molar-refractivity contribution in [2.75, 3.05) is 0 Å². The molecule has 0 radical (unpaired) electrons. The summed E-state index contributed by atoms with van der Waals surface area (Å²) in [5.41, 5.74) is 3.12. The van der Waals surface area contributed by atoms with Crippen molar-refractivity contribution in [3.8, 4) is 17.2 Å². The number of carbonyl (C=O) groups is 1. The van der Waals surface area contributed by atoms with Gasteiger partial charge in [-0.2, -0.15) is 50.9 Å². The Morgan fingerprint density at radius 3 is 0.966 bits per heavy atom. The van der Waals surface area contributed by atoms with Crippen LogP contribution < -0.4 is 14.2 Å². The zero-order valence-corrected chi connectivity index (χ0v) is 48.9. The Labute approximate surface area is 498 Å². The second-order valence-electron chi connectivity index (χ2n) is 16.8. The quantitative estimate of drug-likeness (QED) is 0.0141. The smallest absolute Gasteiger partial charge is 0.338 e. The van der Waals surface area contributed by atoms with Gasteiger partial charge >= 0.3 is 26.2 Å². The highest BCUT2D eigenvalue weighted by Gasteiger charge is 2.34. The Kier molecular flexibility index (Phi) is 26.1. The average Bonchev–Trinajstić information content (AvgIpc) is 1.25. The van der Waals surface area contributed by atoms with E-state index in [2.05, 4.69) is 32.9 Å². The van der Waals surface area contributed by atoms with Gasteiger partial charge in [-0.3, -0.25) is 22.8 Å². The molecule has 7 aromatic carbocycles. The molecule has 0 aliphatic rings. The second kappa shape index (κ2) is 31.3. The number of rotatable bonds is 17. The van der Waals surface area contributed by atoms with Crippen LogP contribution in [0.2, 0.25) is 0 Å². The van der Waals surface area contributed by atoms with Crippen molar-refractivity contribution in [2.24, 2.45) is 0 Å². The van der Waals surface area contributed by atoms with E-state index in [1.54, 1.807) is 42.5 Å². The molecule has 0 amide bonds. The minimum absolute atomic E-state index is 0.104. The SMILES string of the molecule is C=C(C)C(=O)Oc1ccc(S(=O)(=O)O)cc1.C=Cc1c(F)c(F)c(S(=O)(=O)O)c(F)c1F.C=Cc1ccc(COc2c(F)c(F)c(S(=O)(=O)O)c(F)c2F)cc1.C=Cc1ccc(COc2ccc(S(=O)(=O)O)cc2)cc1.C=Cc1ccc(S(=O)(=O)O)cc1. The minimum atomic E-state index is -5.50. The number of ether oxygens (including phenoxy) is 3.